The van der Waals surface area contributed by atoms with Crippen molar-refractivity contribution in [3.63, 3.8) is 0 Å². The lowest BCUT2D eigenvalue weighted by Crippen LogP contribution is -2.41. The standard InChI is InChI=1S/C19H19NO5/c1-23-16-7-3-13(4-8-16)19(22)20(15-11-18(21)25-12-15)14-5-9-17(24-2)10-6-14/h3-10,15H,11-12H2,1-2H3. The number of amides is 1. The van der Waals surface area contributed by atoms with E-state index in [-0.39, 0.29) is 30.9 Å². The first-order chi connectivity index (χ1) is 12.1. The molecule has 1 unspecified atom stereocenters. The molecule has 0 aliphatic carbocycles. The molecular weight excluding hydrogens is 322 g/mol. The molecule has 0 aromatic heterocycles. The first-order valence-electron chi connectivity index (χ1n) is 7.89. The minimum Gasteiger partial charge on any atom is -0.497 e. The van der Waals surface area contributed by atoms with E-state index in [4.69, 9.17) is 14.2 Å². The molecule has 0 saturated carbocycles. The molecule has 0 spiro atoms. The predicted octanol–water partition coefficient (Wildman–Crippen LogP) is 2.67. The summed E-state index contributed by atoms with van der Waals surface area (Å²) in [6.45, 7) is 0.187. The fourth-order valence-electron chi connectivity index (χ4n) is 2.77. The fourth-order valence-corrected chi connectivity index (χ4v) is 2.77. The van der Waals surface area contributed by atoms with Crippen LogP contribution >= 0.6 is 0 Å². The topological polar surface area (TPSA) is 65.1 Å². The Morgan fingerprint density at radius 3 is 2.04 bits per heavy atom. The second-order valence-corrected chi connectivity index (χ2v) is 5.64. The van der Waals surface area contributed by atoms with Crippen molar-refractivity contribution in [2.45, 2.75) is 12.5 Å². The van der Waals surface area contributed by atoms with Gasteiger partial charge in [0, 0.05) is 11.3 Å². The molecule has 0 radical (unpaired) electrons. The van der Waals surface area contributed by atoms with E-state index < -0.39 is 0 Å². The largest absolute Gasteiger partial charge is 0.497 e. The molecule has 2 aromatic rings. The van der Waals surface area contributed by atoms with Crippen molar-refractivity contribution in [3.05, 3.63) is 54.1 Å². The van der Waals surface area contributed by atoms with E-state index in [0.717, 1.165) is 0 Å². The van der Waals surface area contributed by atoms with Crippen LogP contribution < -0.4 is 14.4 Å². The molecule has 6 heteroatoms. The first kappa shape index (κ1) is 16.8. The average Bonchev–Trinajstić information content (AvgIpc) is 3.08. The van der Waals surface area contributed by atoms with Gasteiger partial charge in [-0.2, -0.15) is 0 Å². The number of esters is 1. The zero-order valence-corrected chi connectivity index (χ0v) is 14.1. The number of carbonyl (C=O) groups excluding carboxylic acids is 2. The molecule has 1 fully saturated rings. The van der Waals surface area contributed by atoms with Crippen LogP contribution in [0.1, 0.15) is 16.8 Å². The molecule has 1 atom stereocenters. The Hall–Kier alpha value is -3.02. The Bertz CT molecular complexity index is 754. The van der Waals surface area contributed by atoms with Crippen LogP contribution in [-0.2, 0) is 9.53 Å². The van der Waals surface area contributed by atoms with E-state index in [2.05, 4.69) is 0 Å². The molecule has 25 heavy (non-hydrogen) atoms. The van der Waals surface area contributed by atoms with Crippen molar-refractivity contribution in [1.82, 2.24) is 0 Å². The molecule has 1 heterocycles. The summed E-state index contributed by atoms with van der Waals surface area (Å²) in [6.07, 6.45) is 0.175. The molecule has 2 aromatic carbocycles. The van der Waals surface area contributed by atoms with Crippen LogP contribution in [0, 0.1) is 0 Å². The number of ether oxygens (including phenoxy) is 3. The summed E-state index contributed by atoms with van der Waals surface area (Å²) in [5.41, 5.74) is 1.20. The van der Waals surface area contributed by atoms with Gasteiger partial charge in [-0.3, -0.25) is 9.59 Å². The number of anilines is 1. The monoisotopic (exact) mass is 341 g/mol. The van der Waals surface area contributed by atoms with Crippen molar-refractivity contribution in [2.75, 3.05) is 25.7 Å². The van der Waals surface area contributed by atoms with Gasteiger partial charge >= 0.3 is 5.97 Å². The Morgan fingerprint density at radius 2 is 1.56 bits per heavy atom. The molecule has 0 bridgehead atoms. The summed E-state index contributed by atoms with van der Waals surface area (Å²) in [5, 5.41) is 0. The van der Waals surface area contributed by atoms with Gasteiger partial charge in [-0.1, -0.05) is 0 Å². The Kier molecular flexibility index (Phi) is 4.88. The minimum absolute atomic E-state index is 0.175. The molecule has 3 rings (SSSR count). The van der Waals surface area contributed by atoms with Gasteiger partial charge < -0.3 is 19.1 Å². The number of cyclic esters (lactones) is 1. The van der Waals surface area contributed by atoms with Gasteiger partial charge in [0.05, 0.1) is 26.7 Å². The third-order valence-electron chi connectivity index (χ3n) is 4.11. The van der Waals surface area contributed by atoms with Gasteiger partial charge in [-0.05, 0) is 48.5 Å². The maximum atomic E-state index is 13.1. The van der Waals surface area contributed by atoms with Crippen LogP contribution in [-0.4, -0.2) is 38.7 Å². The number of benzene rings is 2. The van der Waals surface area contributed by atoms with Gasteiger partial charge in [-0.15, -0.1) is 0 Å². The Balaban J connectivity index is 1.94. The smallest absolute Gasteiger partial charge is 0.308 e. The van der Waals surface area contributed by atoms with Gasteiger partial charge in [0.15, 0.2) is 0 Å². The Labute approximate surface area is 145 Å². The molecule has 1 saturated heterocycles. The van der Waals surface area contributed by atoms with Gasteiger partial charge in [0.25, 0.3) is 5.91 Å². The van der Waals surface area contributed by atoms with Crippen LogP contribution in [0.2, 0.25) is 0 Å². The lowest BCUT2D eigenvalue weighted by atomic mass is 10.1. The third kappa shape index (κ3) is 3.57. The third-order valence-corrected chi connectivity index (χ3v) is 4.11. The predicted molar refractivity (Wildman–Crippen MR) is 92.2 cm³/mol. The molecule has 130 valence electrons. The highest BCUT2D eigenvalue weighted by Gasteiger charge is 2.34. The van der Waals surface area contributed by atoms with Crippen molar-refractivity contribution >= 4 is 17.6 Å². The second-order valence-electron chi connectivity index (χ2n) is 5.64. The maximum absolute atomic E-state index is 13.1. The van der Waals surface area contributed by atoms with Crippen LogP contribution in [0.25, 0.3) is 0 Å². The summed E-state index contributed by atoms with van der Waals surface area (Å²) < 4.78 is 15.4. The molecule has 1 aliphatic rings. The van der Waals surface area contributed by atoms with E-state index in [1.54, 1.807) is 67.7 Å². The average molecular weight is 341 g/mol. The SMILES string of the molecule is COc1ccc(C(=O)N(c2ccc(OC)cc2)C2COC(=O)C2)cc1. The van der Waals surface area contributed by atoms with E-state index >= 15 is 0 Å². The van der Waals surface area contributed by atoms with Crippen LogP contribution in [0.3, 0.4) is 0 Å². The zero-order chi connectivity index (χ0) is 17.8. The van der Waals surface area contributed by atoms with E-state index in [9.17, 15) is 9.59 Å². The number of carbonyl (C=O) groups is 2. The lowest BCUT2D eigenvalue weighted by molar-refractivity contribution is -0.137. The maximum Gasteiger partial charge on any atom is 0.308 e. The van der Waals surface area contributed by atoms with E-state index in [1.165, 1.54) is 0 Å². The second kappa shape index (κ2) is 7.25. The Morgan fingerprint density at radius 1 is 1.00 bits per heavy atom. The van der Waals surface area contributed by atoms with Gasteiger partial charge in [-0.25, -0.2) is 0 Å². The molecule has 0 N–H and O–H groups in total. The summed E-state index contributed by atoms with van der Waals surface area (Å²) in [6, 6.07) is 13.7. The van der Waals surface area contributed by atoms with Crippen LogP contribution in [0.15, 0.2) is 48.5 Å². The molecule has 6 nitrogen and oxygen atoms in total. The number of hydrogen-bond donors (Lipinski definition) is 0. The highest BCUT2D eigenvalue weighted by atomic mass is 16.5. The fraction of sp³-hybridized carbons (Fsp3) is 0.263. The number of hydrogen-bond acceptors (Lipinski definition) is 5. The normalized spacial score (nSPS) is 16.2. The van der Waals surface area contributed by atoms with Gasteiger partial charge in [0.1, 0.15) is 18.1 Å². The van der Waals surface area contributed by atoms with Crippen LogP contribution in [0.4, 0.5) is 5.69 Å². The molecule has 1 aliphatic heterocycles. The summed E-state index contributed by atoms with van der Waals surface area (Å²) in [5.74, 6) is 0.869. The van der Waals surface area contributed by atoms with Crippen molar-refractivity contribution in [2.24, 2.45) is 0 Å². The minimum atomic E-state index is -0.338. The van der Waals surface area contributed by atoms with Crippen molar-refractivity contribution in [1.29, 1.82) is 0 Å². The highest BCUT2D eigenvalue weighted by Crippen LogP contribution is 2.27. The number of nitrogens with zero attached hydrogens (tertiary/aromatic N) is 1. The number of rotatable bonds is 5. The quantitative estimate of drug-likeness (QED) is 0.782. The first-order valence-corrected chi connectivity index (χ1v) is 7.89. The highest BCUT2D eigenvalue weighted by molar-refractivity contribution is 6.07. The van der Waals surface area contributed by atoms with Crippen LogP contribution in [0.5, 0.6) is 11.5 Å². The van der Waals surface area contributed by atoms with Crippen molar-refractivity contribution < 1.29 is 23.8 Å². The molecule has 1 amide bonds. The summed E-state index contributed by atoms with van der Waals surface area (Å²) >= 11 is 0. The van der Waals surface area contributed by atoms with Crippen molar-refractivity contribution in [3.8, 4) is 11.5 Å². The van der Waals surface area contributed by atoms with E-state index in [0.29, 0.717) is 22.7 Å². The lowest BCUT2D eigenvalue weighted by Gasteiger charge is -2.27. The number of methoxy groups -OCH3 is 2. The summed E-state index contributed by atoms with van der Waals surface area (Å²) in [4.78, 5) is 26.2. The van der Waals surface area contributed by atoms with Gasteiger partial charge in [0.2, 0.25) is 0 Å². The molecular formula is C19H19NO5. The van der Waals surface area contributed by atoms with E-state index in [1.807, 2.05) is 0 Å². The summed E-state index contributed by atoms with van der Waals surface area (Å²) in [7, 11) is 3.15. The zero-order valence-electron chi connectivity index (χ0n) is 14.1.